The van der Waals surface area contributed by atoms with Crippen LogP contribution in [0.4, 0.5) is 4.79 Å². The molecule has 2 fully saturated rings. The summed E-state index contributed by atoms with van der Waals surface area (Å²) in [7, 11) is 0. The normalized spacial score (nSPS) is 25.0. The maximum absolute atomic E-state index is 12.7. The molecule has 1 spiro atoms. The van der Waals surface area contributed by atoms with Gasteiger partial charge in [-0.2, -0.15) is 0 Å². The molecule has 1 aliphatic heterocycles. The minimum absolute atomic E-state index is 0.0768. The number of nitrogens with zero attached hydrogens (tertiary/aromatic N) is 1. The number of Topliss-reactive ketones (excluding diaryl/α,β-unsaturated/α-hetero) is 1. The summed E-state index contributed by atoms with van der Waals surface area (Å²) in [5.41, 5.74) is 1.38. The SMILES string of the molecule is O=C(OCc1ccccc1)N1CCCC12C(=O)CC2c1ccccc1. The zero-order valence-electron chi connectivity index (χ0n) is 14.1. The Morgan fingerprint density at radius 2 is 1.76 bits per heavy atom. The molecule has 1 saturated heterocycles. The number of ketones is 1. The van der Waals surface area contributed by atoms with Crippen molar-refractivity contribution in [3.63, 3.8) is 0 Å². The van der Waals surface area contributed by atoms with E-state index in [4.69, 9.17) is 4.74 Å². The van der Waals surface area contributed by atoms with Crippen LogP contribution in [0.3, 0.4) is 0 Å². The lowest BCUT2D eigenvalue weighted by Gasteiger charge is -2.50. The van der Waals surface area contributed by atoms with Crippen LogP contribution in [-0.2, 0) is 16.1 Å². The average molecular weight is 335 g/mol. The third kappa shape index (κ3) is 2.62. The third-order valence-electron chi connectivity index (χ3n) is 5.50. The number of rotatable bonds is 3. The predicted molar refractivity (Wildman–Crippen MR) is 94.1 cm³/mol. The van der Waals surface area contributed by atoms with Crippen molar-refractivity contribution in [2.24, 2.45) is 0 Å². The molecule has 4 heteroatoms. The summed E-state index contributed by atoms with van der Waals surface area (Å²) in [5.74, 6) is 0.239. The molecule has 2 atom stereocenters. The standard InChI is InChI=1S/C21H21NO3/c23-19-14-18(17-10-5-2-6-11-17)21(19)12-7-13-22(21)20(24)25-15-16-8-3-1-4-9-16/h1-6,8-11,18H,7,12-15H2. The van der Waals surface area contributed by atoms with Gasteiger partial charge >= 0.3 is 6.09 Å². The first kappa shape index (κ1) is 15.9. The number of hydrogen-bond acceptors (Lipinski definition) is 3. The number of hydrogen-bond donors (Lipinski definition) is 0. The van der Waals surface area contributed by atoms with Crippen LogP contribution in [0.2, 0.25) is 0 Å². The molecular formula is C21H21NO3. The number of likely N-dealkylation sites (tertiary alicyclic amines) is 1. The van der Waals surface area contributed by atoms with E-state index >= 15 is 0 Å². The zero-order valence-corrected chi connectivity index (χ0v) is 14.1. The van der Waals surface area contributed by atoms with Crippen molar-refractivity contribution < 1.29 is 14.3 Å². The second-order valence-corrected chi connectivity index (χ2v) is 6.81. The van der Waals surface area contributed by atoms with Gasteiger partial charge in [-0.25, -0.2) is 4.79 Å². The average Bonchev–Trinajstić information content (AvgIpc) is 3.14. The topological polar surface area (TPSA) is 46.6 Å². The maximum atomic E-state index is 12.7. The Morgan fingerprint density at radius 3 is 2.44 bits per heavy atom. The van der Waals surface area contributed by atoms with Crippen LogP contribution in [0.1, 0.15) is 36.3 Å². The van der Waals surface area contributed by atoms with Crippen molar-refractivity contribution in [2.45, 2.75) is 37.3 Å². The van der Waals surface area contributed by atoms with Gasteiger partial charge in [0, 0.05) is 18.9 Å². The van der Waals surface area contributed by atoms with Crippen LogP contribution in [0, 0.1) is 0 Å². The quantitative estimate of drug-likeness (QED) is 0.854. The number of benzene rings is 2. The van der Waals surface area contributed by atoms with E-state index in [0.717, 1.165) is 24.0 Å². The van der Waals surface area contributed by atoms with Gasteiger partial charge in [-0.15, -0.1) is 0 Å². The van der Waals surface area contributed by atoms with E-state index in [2.05, 4.69) is 0 Å². The Kier molecular flexibility index (Phi) is 4.04. The van der Waals surface area contributed by atoms with E-state index in [1.54, 1.807) is 4.90 Å². The van der Waals surface area contributed by atoms with Gasteiger partial charge in [0.25, 0.3) is 0 Å². The van der Waals surface area contributed by atoms with Crippen molar-refractivity contribution in [3.8, 4) is 0 Å². The summed E-state index contributed by atoms with van der Waals surface area (Å²) in [5, 5.41) is 0. The second-order valence-electron chi connectivity index (χ2n) is 6.81. The smallest absolute Gasteiger partial charge is 0.410 e. The van der Waals surface area contributed by atoms with Gasteiger partial charge in [-0.3, -0.25) is 9.69 Å². The van der Waals surface area contributed by atoms with Crippen LogP contribution in [-0.4, -0.2) is 28.9 Å². The molecule has 2 aromatic rings. The molecule has 1 heterocycles. The number of carbonyl (C=O) groups excluding carboxylic acids is 2. The van der Waals surface area contributed by atoms with Crippen LogP contribution < -0.4 is 0 Å². The van der Waals surface area contributed by atoms with E-state index in [9.17, 15) is 9.59 Å². The summed E-state index contributed by atoms with van der Waals surface area (Å²) >= 11 is 0. The fourth-order valence-corrected chi connectivity index (χ4v) is 4.22. The summed E-state index contributed by atoms with van der Waals surface area (Å²) in [6, 6.07) is 19.6. The molecule has 25 heavy (non-hydrogen) atoms. The van der Waals surface area contributed by atoms with E-state index in [-0.39, 0.29) is 24.4 Å². The van der Waals surface area contributed by atoms with Crippen LogP contribution in [0.15, 0.2) is 60.7 Å². The van der Waals surface area contributed by atoms with Crippen LogP contribution in [0.5, 0.6) is 0 Å². The van der Waals surface area contributed by atoms with Crippen molar-refractivity contribution in [1.82, 2.24) is 4.90 Å². The van der Waals surface area contributed by atoms with Crippen molar-refractivity contribution in [3.05, 3.63) is 71.8 Å². The number of ether oxygens (including phenoxy) is 1. The highest BCUT2D eigenvalue weighted by atomic mass is 16.6. The highest BCUT2D eigenvalue weighted by Crippen LogP contribution is 2.52. The minimum atomic E-state index is -0.699. The number of carbonyl (C=O) groups is 2. The molecule has 128 valence electrons. The van der Waals surface area contributed by atoms with Gasteiger partial charge in [0.1, 0.15) is 12.1 Å². The summed E-state index contributed by atoms with van der Waals surface area (Å²) < 4.78 is 5.51. The fraction of sp³-hybridized carbons (Fsp3) is 0.333. The van der Waals surface area contributed by atoms with E-state index in [1.807, 2.05) is 60.7 Å². The van der Waals surface area contributed by atoms with Crippen LogP contribution in [0.25, 0.3) is 0 Å². The first-order valence-corrected chi connectivity index (χ1v) is 8.78. The van der Waals surface area contributed by atoms with Crippen LogP contribution >= 0.6 is 0 Å². The largest absolute Gasteiger partial charge is 0.445 e. The summed E-state index contributed by atoms with van der Waals surface area (Å²) in [4.78, 5) is 27.0. The molecule has 1 aliphatic carbocycles. The van der Waals surface area contributed by atoms with Gasteiger partial charge < -0.3 is 4.74 Å². The third-order valence-corrected chi connectivity index (χ3v) is 5.50. The van der Waals surface area contributed by atoms with Gasteiger partial charge in [-0.05, 0) is 24.0 Å². The lowest BCUT2D eigenvalue weighted by molar-refractivity contribution is -0.141. The highest BCUT2D eigenvalue weighted by molar-refractivity contribution is 6.00. The van der Waals surface area contributed by atoms with Gasteiger partial charge in [0.15, 0.2) is 5.78 Å². The molecule has 0 N–H and O–H groups in total. The van der Waals surface area contributed by atoms with Gasteiger partial charge in [0.05, 0.1) is 0 Å². The predicted octanol–water partition coefficient (Wildman–Crippen LogP) is 3.91. The molecule has 0 radical (unpaired) electrons. The Bertz CT molecular complexity index is 774. The molecule has 1 amide bonds. The highest BCUT2D eigenvalue weighted by Gasteiger charge is 2.62. The second kappa shape index (κ2) is 6.36. The lowest BCUT2D eigenvalue weighted by atomic mass is 9.61. The minimum Gasteiger partial charge on any atom is -0.445 e. The van der Waals surface area contributed by atoms with Crippen molar-refractivity contribution >= 4 is 11.9 Å². The zero-order chi connectivity index (χ0) is 17.3. The molecule has 2 aliphatic rings. The van der Waals surface area contributed by atoms with Crippen molar-refractivity contribution in [2.75, 3.05) is 6.54 Å². The maximum Gasteiger partial charge on any atom is 0.410 e. The molecule has 0 aromatic heterocycles. The van der Waals surface area contributed by atoms with E-state index in [1.165, 1.54) is 0 Å². The Morgan fingerprint density at radius 1 is 1.08 bits per heavy atom. The summed E-state index contributed by atoms with van der Waals surface area (Å²) in [6.45, 7) is 0.819. The monoisotopic (exact) mass is 335 g/mol. The van der Waals surface area contributed by atoms with Crippen molar-refractivity contribution in [1.29, 1.82) is 0 Å². The number of amides is 1. The lowest BCUT2D eigenvalue weighted by Crippen LogP contribution is -2.64. The first-order valence-electron chi connectivity index (χ1n) is 8.78. The molecule has 1 saturated carbocycles. The van der Waals surface area contributed by atoms with Gasteiger partial charge in [-0.1, -0.05) is 60.7 Å². The Hall–Kier alpha value is -2.62. The van der Waals surface area contributed by atoms with Gasteiger partial charge in [0.2, 0.25) is 0 Å². The molecule has 4 nitrogen and oxygen atoms in total. The molecule has 2 aromatic carbocycles. The molecule has 4 rings (SSSR count). The fourth-order valence-electron chi connectivity index (χ4n) is 4.22. The van der Waals surface area contributed by atoms with E-state index < -0.39 is 5.54 Å². The Balaban J connectivity index is 1.53. The summed E-state index contributed by atoms with van der Waals surface area (Å²) in [6.07, 6.45) is 1.70. The Labute approximate surface area is 147 Å². The molecule has 2 unspecified atom stereocenters. The van der Waals surface area contributed by atoms with E-state index in [0.29, 0.717) is 13.0 Å². The molecular weight excluding hydrogens is 314 g/mol. The first-order chi connectivity index (χ1) is 12.2. The molecule has 0 bridgehead atoms.